The predicted octanol–water partition coefficient (Wildman–Crippen LogP) is 3.80. The molecular formula is C19H22ClNO4. The molecule has 0 aromatic heterocycles. The van der Waals surface area contributed by atoms with E-state index in [9.17, 15) is 4.79 Å². The van der Waals surface area contributed by atoms with Gasteiger partial charge in [-0.2, -0.15) is 0 Å². The maximum atomic E-state index is 10.6. The van der Waals surface area contributed by atoms with Crippen molar-refractivity contribution in [2.45, 2.75) is 27.0 Å². The van der Waals surface area contributed by atoms with Gasteiger partial charge in [0.1, 0.15) is 6.61 Å². The van der Waals surface area contributed by atoms with Gasteiger partial charge >= 0.3 is 5.97 Å². The zero-order valence-electron chi connectivity index (χ0n) is 14.3. The number of nitrogens with one attached hydrogen (secondary N) is 1. The quantitative estimate of drug-likeness (QED) is 0.709. The Morgan fingerprint density at radius 3 is 2.68 bits per heavy atom. The van der Waals surface area contributed by atoms with E-state index < -0.39 is 5.97 Å². The van der Waals surface area contributed by atoms with E-state index >= 15 is 0 Å². The van der Waals surface area contributed by atoms with Crippen LogP contribution in [0.2, 0.25) is 5.02 Å². The first-order valence-corrected chi connectivity index (χ1v) is 8.43. The van der Waals surface area contributed by atoms with Gasteiger partial charge in [0.05, 0.1) is 18.2 Å². The molecule has 0 aliphatic heterocycles. The summed E-state index contributed by atoms with van der Waals surface area (Å²) < 4.78 is 11.5. The van der Waals surface area contributed by atoms with Crippen LogP contribution < -0.4 is 14.8 Å². The molecule has 6 heteroatoms. The maximum absolute atomic E-state index is 10.6. The van der Waals surface area contributed by atoms with Gasteiger partial charge in [-0.1, -0.05) is 41.4 Å². The van der Waals surface area contributed by atoms with E-state index in [4.69, 9.17) is 26.2 Å². The van der Waals surface area contributed by atoms with Gasteiger partial charge in [-0.3, -0.25) is 4.79 Å². The number of carboxylic acids is 1. The van der Waals surface area contributed by atoms with Crippen LogP contribution in [0.5, 0.6) is 11.5 Å². The molecule has 0 spiro atoms. The number of ether oxygens (including phenoxy) is 2. The Balaban J connectivity index is 2.14. The van der Waals surface area contributed by atoms with Crippen molar-refractivity contribution in [3.63, 3.8) is 0 Å². The monoisotopic (exact) mass is 363 g/mol. The SMILES string of the molecule is CCOc1cc(CNCC(=O)O)cc(Cl)c1OCc1cccc(C)c1. The molecular weight excluding hydrogens is 342 g/mol. The number of carboxylic acid groups (broad SMARTS) is 1. The number of rotatable bonds is 9. The molecule has 2 aromatic carbocycles. The summed E-state index contributed by atoms with van der Waals surface area (Å²) in [5.74, 6) is 0.135. The van der Waals surface area contributed by atoms with Crippen LogP contribution >= 0.6 is 11.6 Å². The van der Waals surface area contributed by atoms with Gasteiger partial charge in [-0.05, 0) is 37.1 Å². The van der Waals surface area contributed by atoms with Crippen LogP contribution in [0.15, 0.2) is 36.4 Å². The van der Waals surface area contributed by atoms with E-state index in [1.807, 2.05) is 38.1 Å². The van der Waals surface area contributed by atoms with Crippen molar-refractivity contribution in [3.05, 3.63) is 58.1 Å². The summed E-state index contributed by atoms with van der Waals surface area (Å²) in [6, 6.07) is 11.6. The minimum Gasteiger partial charge on any atom is -0.490 e. The highest BCUT2D eigenvalue weighted by atomic mass is 35.5. The molecule has 5 nitrogen and oxygen atoms in total. The Morgan fingerprint density at radius 2 is 2.00 bits per heavy atom. The summed E-state index contributed by atoms with van der Waals surface area (Å²) in [6.07, 6.45) is 0. The number of aliphatic carboxylic acids is 1. The normalized spacial score (nSPS) is 10.5. The molecule has 0 bridgehead atoms. The molecule has 0 saturated carbocycles. The van der Waals surface area contributed by atoms with Crippen LogP contribution in [0.4, 0.5) is 0 Å². The lowest BCUT2D eigenvalue weighted by atomic mass is 10.1. The van der Waals surface area contributed by atoms with Crippen molar-refractivity contribution in [3.8, 4) is 11.5 Å². The maximum Gasteiger partial charge on any atom is 0.317 e. The average Bonchev–Trinajstić information content (AvgIpc) is 2.54. The summed E-state index contributed by atoms with van der Waals surface area (Å²) in [6.45, 7) is 5.04. The molecule has 2 N–H and O–H groups in total. The lowest BCUT2D eigenvalue weighted by Crippen LogP contribution is -2.21. The minimum atomic E-state index is -0.908. The van der Waals surface area contributed by atoms with Gasteiger partial charge in [-0.15, -0.1) is 0 Å². The fraction of sp³-hybridized carbons (Fsp3) is 0.316. The van der Waals surface area contributed by atoms with Crippen LogP contribution in [0, 0.1) is 6.92 Å². The molecule has 0 fully saturated rings. The van der Waals surface area contributed by atoms with Gasteiger partial charge in [0.25, 0.3) is 0 Å². The number of carbonyl (C=O) groups is 1. The predicted molar refractivity (Wildman–Crippen MR) is 97.5 cm³/mol. The van der Waals surface area contributed by atoms with Gasteiger partial charge in [0.2, 0.25) is 0 Å². The highest BCUT2D eigenvalue weighted by molar-refractivity contribution is 6.32. The largest absolute Gasteiger partial charge is 0.490 e. The van der Waals surface area contributed by atoms with E-state index in [2.05, 4.69) is 11.4 Å². The second kappa shape index (κ2) is 9.30. The van der Waals surface area contributed by atoms with Crippen LogP contribution in [-0.4, -0.2) is 24.2 Å². The topological polar surface area (TPSA) is 67.8 Å². The number of halogens is 1. The number of hydrogen-bond acceptors (Lipinski definition) is 4. The Hall–Kier alpha value is -2.24. The Labute approximate surface area is 152 Å². The Bertz CT molecular complexity index is 733. The Kier molecular flexibility index (Phi) is 7.10. The lowest BCUT2D eigenvalue weighted by molar-refractivity contribution is -0.135. The first-order chi connectivity index (χ1) is 12.0. The standard InChI is InChI=1S/C19H22ClNO4/c1-3-24-17-9-15(10-21-11-18(22)23)8-16(20)19(17)25-12-14-6-4-5-13(2)7-14/h4-9,21H,3,10-12H2,1-2H3,(H,22,23). The van der Waals surface area contributed by atoms with Crippen molar-refractivity contribution < 1.29 is 19.4 Å². The number of aryl methyl sites for hydroxylation is 1. The second-order valence-corrected chi connectivity index (χ2v) is 6.02. The third kappa shape index (κ3) is 5.96. The summed E-state index contributed by atoms with van der Waals surface area (Å²) in [5, 5.41) is 12.0. The van der Waals surface area contributed by atoms with E-state index in [0.29, 0.717) is 36.3 Å². The number of benzene rings is 2. The molecule has 0 radical (unpaired) electrons. The third-order valence-corrected chi connectivity index (χ3v) is 3.72. The molecule has 0 amide bonds. The first-order valence-electron chi connectivity index (χ1n) is 8.05. The average molecular weight is 364 g/mol. The molecule has 0 atom stereocenters. The van der Waals surface area contributed by atoms with Gasteiger partial charge in [-0.25, -0.2) is 0 Å². The van der Waals surface area contributed by atoms with Crippen LogP contribution in [0.1, 0.15) is 23.6 Å². The number of hydrogen-bond donors (Lipinski definition) is 2. The van der Waals surface area contributed by atoms with Crippen LogP contribution in [0.3, 0.4) is 0 Å². The molecule has 0 saturated heterocycles. The highest BCUT2D eigenvalue weighted by Gasteiger charge is 2.13. The molecule has 0 aliphatic carbocycles. The van der Waals surface area contributed by atoms with Crippen molar-refractivity contribution >= 4 is 17.6 Å². The van der Waals surface area contributed by atoms with Crippen molar-refractivity contribution in [2.24, 2.45) is 0 Å². The fourth-order valence-electron chi connectivity index (χ4n) is 2.40. The lowest BCUT2D eigenvalue weighted by Gasteiger charge is -2.15. The minimum absolute atomic E-state index is 0.118. The van der Waals surface area contributed by atoms with Gasteiger partial charge in [0, 0.05) is 6.54 Å². The summed E-state index contributed by atoms with van der Waals surface area (Å²) in [5.41, 5.74) is 3.04. The highest BCUT2D eigenvalue weighted by Crippen LogP contribution is 2.37. The summed E-state index contributed by atoms with van der Waals surface area (Å²) >= 11 is 6.36. The van der Waals surface area contributed by atoms with Crippen molar-refractivity contribution in [1.29, 1.82) is 0 Å². The van der Waals surface area contributed by atoms with Gasteiger partial charge in [0.15, 0.2) is 11.5 Å². The van der Waals surface area contributed by atoms with Gasteiger partial charge < -0.3 is 19.9 Å². The van der Waals surface area contributed by atoms with E-state index in [1.165, 1.54) is 0 Å². The van der Waals surface area contributed by atoms with Crippen LogP contribution in [0.25, 0.3) is 0 Å². The molecule has 0 unspecified atom stereocenters. The van der Waals surface area contributed by atoms with Crippen LogP contribution in [-0.2, 0) is 17.9 Å². The third-order valence-electron chi connectivity index (χ3n) is 3.44. The zero-order chi connectivity index (χ0) is 18.2. The van der Waals surface area contributed by atoms with Crippen molar-refractivity contribution in [1.82, 2.24) is 5.32 Å². The second-order valence-electron chi connectivity index (χ2n) is 5.61. The molecule has 25 heavy (non-hydrogen) atoms. The zero-order valence-corrected chi connectivity index (χ0v) is 15.1. The molecule has 0 heterocycles. The van der Waals surface area contributed by atoms with E-state index in [0.717, 1.165) is 16.7 Å². The summed E-state index contributed by atoms with van der Waals surface area (Å²) in [7, 11) is 0. The molecule has 2 aromatic rings. The Morgan fingerprint density at radius 1 is 1.20 bits per heavy atom. The first kappa shape index (κ1) is 19.1. The molecule has 134 valence electrons. The molecule has 2 rings (SSSR count). The van der Waals surface area contributed by atoms with Crippen molar-refractivity contribution in [2.75, 3.05) is 13.2 Å². The molecule has 0 aliphatic rings. The smallest absolute Gasteiger partial charge is 0.317 e. The fourth-order valence-corrected chi connectivity index (χ4v) is 2.69. The van der Waals surface area contributed by atoms with E-state index in [-0.39, 0.29) is 6.54 Å². The van der Waals surface area contributed by atoms with E-state index in [1.54, 1.807) is 6.07 Å². The summed E-state index contributed by atoms with van der Waals surface area (Å²) in [4.78, 5) is 10.6.